The van der Waals surface area contributed by atoms with Crippen LogP contribution in [0.1, 0.15) is 116 Å². The van der Waals surface area contributed by atoms with E-state index < -0.39 is 0 Å². The zero-order valence-electron chi connectivity index (χ0n) is 14.8. The Bertz CT molecular complexity index is 8.00. The molecule has 0 unspecified atom stereocenters. The van der Waals surface area contributed by atoms with Crippen molar-refractivity contribution >= 4 is 0 Å². The SMILES string of the molecule is C.C1CCC1.CC.CC.CC.CC.CC.CC. The maximum atomic E-state index is 2.00. The molecule has 0 saturated heterocycles. The van der Waals surface area contributed by atoms with E-state index >= 15 is 0 Å². The molecule has 17 heavy (non-hydrogen) atoms. The van der Waals surface area contributed by atoms with Crippen molar-refractivity contribution in [1.29, 1.82) is 0 Å². The van der Waals surface area contributed by atoms with Gasteiger partial charge < -0.3 is 0 Å². The zero-order chi connectivity index (χ0) is 14.8. The molecule has 0 aromatic rings. The Kier molecular flexibility index (Phi) is 576. The largest absolute Gasteiger partial charge is 0.0776 e. The van der Waals surface area contributed by atoms with Gasteiger partial charge in [0, 0.05) is 0 Å². The van der Waals surface area contributed by atoms with Crippen LogP contribution in [0.15, 0.2) is 0 Å². The molecule has 0 heteroatoms. The highest BCUT2D eigenvalue weighted by molar-refractivity contribution is 4.50. The highest BCUT2D eigenvalue weighted by Gasteiger charge is 1.95. The Morgan fingerprint density at radius 1 is 0.294 bits per heavy atom. The summed E-state index contributed by atoms with van der Waals surface area (Å²) in [6, 6.07) is 0. The first-order valence-electron chi connectivity index (χ1n) is 8.00. The minimum absolute atomic E-state index is 0. The molecule has 1 saturated carbocycles. The lowest BCUT2D eigenvalue weighted by Gasteiger charge is -2.05. The van der Waals surface area contributed by atoms with Crippen molar-refractivity contribution in [1.82, 2.24) is 0 Å². The first-order chi connectivity index (χ1) is 8.00. The summed E-state index contributed by atoms with van der Waals surface area (Å²) in [5.41, 5.74) is 0. The van der Waals surface area contributed by atoms with Crippen molar-refractivity contribution in [3.05, 3.63) is 0 Å². The van der Waals surface area contributed by atoms with Crippen LogP contribution in [0.5, 0.6) is 0 Å². The maximum absolute atomic E-state index is 2.00. The van der Waals surface area contributed by atoms with Crippen LogP contribution in [0.25, 0.3) is 0 Å². The van der Waals surface area contributed by atoms with Crippen LogP contribution in [0.4, 0.5) is 0 Å². The highest BCUT2D eigenvalue weighted by Crippen LogP contribution is 2.15. The van der Waals surface area contributed by atoms with Gasteiger partial charge in [-0.15, -0.1) is 0 Å². The van der Waals surface area contributed by atoms with Crippen LogP contribution in [-0.4, -0.2) is 0 Å². The molecule has 0 radical (unpaired) electrons. The molecule has 0 atom stereocenters. The molecular formula is C17H48. The van der Waals surface area contributed by atoms with E-state index in [9.17, 15) is 0 Å². The summed E-state index contributed by atoms with van der Waals surface area (Å²) in [5.74, 6) is 0. The van der Waals surface area contributed by atoms with Gasteiger partial charge in [0.05, 0.1) is 0 Å². The van der Waals surface area contributed by atoms with Gasteiger partial charge >= 0.3 is 0 Å². The third-order valence-corrected chi connectivity index (χ3v) is 1.000. The van der Waals surface area contributed by atoms with Crippen LogP contribution in [0.2, 0.25) is 0 Å². The van der Waals surface area contributed by atoms with Gasteiger partial charge in [0.15, 0.2) is 0 Å². The fourth-order valence-corrected chi connectivity index (χ4v) is 0.250. The predicted molar refractivity (Wildman–Crippen MR) is 93.3 cm³/mol. The second-order valence-corrected chi connectivity index (χ2v) is 1.41. The van der Waals surface area contributed by atoms with E-state index in [1.807, 2.05) is 83.1 Å². The van der Waals surface area contributed by atoms with Gasteiger partial charge in [0.1, 0.15) is 0 Å². The Balaban J connectivity index is -0.0000000142. The fraction of sp³-hybridized carbons (Fsp3) is 1.00. The zero-order valence-corrected chi connectivity index (χ0v) is 14.8. The van der Waals surface area contributed by atoms with Crippen molar-refractivity contribution in [3.63, 3.8) is 0 Å². The lowest BCUT2D eigenvalue weighted by molar-refractivity contribution is 0.504. The molecule has 1 aliphatic carbocycles. The second-order valence-electron chi connectivity index (χ2n) is 1.41. The molecule has 0 N–H and O–H groups in total. The minimum Gasteiger partial charge on any atom is -0.0776 e. The van der Waals surface area contributed by atoms with Crippen LogP contribution in [0, 0.1) is 0 Å². The van der Waals surface area contributed by atoms with Gasteiger partial charge in [-0.3, -0.25) is 0 Å². The lowest BCUT2D eigenvalue weighted by Crippen LogP contribution is -1.85. The van der Waals surface area contributed by atoms with Crippen LogP contribution >= 0.6 is 0 Å². The molecule has 0 aromatic heterocycles. The first kappa shape index (κ1) is 43.5. The van der Waals surface area contributed by atoms with Gasteiger partial charge in [-0.1, -0.05) is 116 Å². The lowest BCUT2D eigenvalue weighted by atomic mass is 10.0. The smallest absolute Gasteiger partial charge is 0.0533 e. The topological polar surface area (TPSA) is 0 Å². The number of hydrogen-bond acceptors (Lipinski definition) is 0. The van der Waals surface area contributed by atoms with Crippen LogP contribution in [-0.2, 0) is 0 Å². The van der Waals surface area contributed by atoms with Crippen molar-refractivity contribution in [2.75, 3.05) is 0 Å². The summed E-state index contributed by atoms with van der Waals surface area (Å²) in [5, 5.41) is 0. The van der Waals surface area contributed by atoms with Gasteiger partial charge in [-0.05, 0) is 0 Å². The number of hydrogen-bond donors (Lipinski definition) is 0. The molecule has 1 rings (SSSR count). The Morgan fingerprint density at radius 2 is 0.353 bits per heavy atom. The minimum atomic E-state index is 0. The first-order valence-corrected chi connectivity index (χ1v) is 8.00. The summed E-state index contributed by atoms with van der Waals surface area (Å²) < 4.78 is 0. The highest BCUT2D eigenvalue weighted by atomic mass is 14.0. The second kappa shape index (κ2) is 225. The summed E-state index contributed by atoms with van der Waals surface area (Å²) >= 11 is 0. The Morgan fingerprint density at radius 3 is 0.353 bits per heavy atom. The maximum Gasteiger partial charge on any atom is -0.0533 e. The molecule has 1 fully saturated rings. The summed E-state index contributed by atoms with van der Waals surface area (Å²) in [6.07, 6.45) is 6.00. The van der Waals surface area contributed by atoms with E-state index in [2.05, 4.69) is 0 Å². The fourth-order valence-electron chi connectivity index (χ4n) is 0.250. The van der Waals surface area contributed by atoms with Gasteiger partial charge in [0.2, 0.25) is 0 Å². The summed E-state index contributed by atoms with van der Waals surface area (Å²) in [4.78, 5) is 0. The normalized spacial score (nSPS) is 7.76. The molecule has 1 aliphatic rings. The van der Waals surface area contributed by atoms with E-state index in [4.69, 9.17) is 0 Å². The molecule has 0 aromatic carbocycles. The predicted octanol–water partition coefficient (Wildman–Crippen LogP) is 8.35. The monoisotopic (exact) mass is 252 g/mol. The van der Waals surface area contributed by atoms with E-state index in [1.165, 1.54) is 25.7 Å². The third kappa shape index (κ3) is 196. The molecular weight excluding hydrogens is 204 g/mol. The average Bonchev–Trinajstić information content (AvgIpc) is 2.41. The molecule has 0 amide bonds. The Hall–Kier alpha value is 0. The van der Waals surface area contributed by atoms with Gasteiger partial charge in [-0.2, -0.15) is 0 Å². The van der Waals surface area contributed by atoms with E-state index in [1.54, 1.807) is 0 Å². The van der Waals surface area contributed by atoms with E-state index in [-0.39, 0.29) is 7.43 Å². The van der Waals surface area contributed by atoms with Crippen LogP contribution in [0.3, 0.4) is 0 Å². The third-order valence-electron chi connectivity index (χ3n) is 1.000. The molecule has 116 valence electrons. The van der Waals surface area contributed by atoms with Crippen molar-refractivity contribution in [2.24, 2.45) is 0 Å². The van der Waals surface area contributed by atoms with Crippen molar-refractivity contribution in [3.8, 4) is 0 Å². The van der Waals surface area contributed by atoms with Crippen molar-refractivity contribution in [2.45, 2.75) is 116 Å². The molecule has 0 spiro atoms. The summed E-state index contributed by atoms with van der Waals surface area (Å²) in [6.45, 7) is 24.0. The van der Waals surface area contributed by atoms with Gasteiger partial charge in [-0.25, -0.2) is 0 Å². The molecule has 0 aliphatic heterocycles. The van der Waals surface area contributed by atoms with E-state index in [0.29, 0.717) is 0 Å². The molecule has 0 nitrogen and oxygen atoms in total. The molecule has 0 heterocycles. The van der Waals surface area contributed by atoms with Crippen LogP contribution < -0.4 is 0 Å². The molecule has 0 bridgehead atoms. The number of rotatable bonds is 0. The van der Waals surface area contributed by atoms with Gasteiger partial charge in [0.25, 0.3) is 0 Å². The Labute approximate surface area is 117 Å². The summed E-state index contributed by atoms with van der Waals surface area (Å²) in [7, 11) is 0. The van der Waals surface area contributed by atoms with E-state index in [0.717, 1.165) is 0 Å². The quantitative estimate of drug-likeness (QED) is 0.406. The van der Waals surface area contributed by atoms with Crippen molar-refractivity contribution < 1.29 is 0 Å². The average molecular weight is 253 g/mol. The standard InChI is InChI=1S/C4H8.6C2H6.CH4/c1-2-4-3-1;6*1-2;/h1-4H2;6*1-2H3;1H4.